The van der Waals surface area contributed by atoms with Gasteiger partial charge in [-0.05, 0) is 32.9 Å². The molecule has 0 saturated heterocycles. The predicted octanol–water partition coefficient (Wildman–Crippen LogP) is 2.78. The SMILES string of the molecule is C=CCOC(=O)NC(C)C(OC(C)=O)C(C)OC(C)S(=O)c1ccccc1. The Morgan fingerprint density at radius 1 is 1.22 bits per heavy atom. The second-order valence-corrected chi connectivity index (χ2v) is 7.64. The van der Waals surface area contributed by atoms with E-state index < -0.39 is 46.5 Å². The summed E-state index contributed by atoms with van der Waals surface area (Å²) in [4.78, 5) is 23.8. The molecule has 0 saturated carbocycles. The number of hydrogen-bond donors (Lipinski definition) is 1. The molecule has 0 bridgehead atoms. The summed E-state index contributed by atoms with van der Waals surface area (Å²) in [5, 5.41) is 2.59. The van der Waals surface area contributed by atoms with E-state index in [1.54, 1.807) is 45.0 Å². The van der Waals surface area contributed by atoms with Crippen molar-refractivity contribution < 1.29 is 28.0 Å². The number of carbonyl (C=O) groups excluding carboxylic acids is 2. The van der Waals surface area contributed by atoms with Crippen molar-refractivity contribution in [2.24, 2.45) is 0 Å². The summed E-state index contributed by atoms with van der Waals surface area (Å²) in [5.74, 6) is -0.514. The Kier molecular flexibility index (Phi) is 9.74. The molecule has 8 heteroatoms. The van der Waals surface area contributed by atoms with E-state index in [0.717, 1.165) is 0 Å². The molecule has 27 heavy (non-hydrogen) atoms. The number of carbonyl (C=O) groups is 2. The van der Waals surface area contributed by atoms with Crippen LogP contribution in [0.15, 0.2) is 47.9 Å². The minimum atomic E-state index is -1.39. The van der Waals surface area contributed by atoms with E-state index in [-0.39, 0.29) is 6.61 Å². The van der Waals surface area contributed by atoms with Crippen LogP contribution in [-0.4, -0.2) is 46.6 Å². The van der Waals surface area contributed by atoms with Gasteiger partial charge >= 0.3 is 12.1 Å². The number of hydrogen-bond acceptors (Lipinski definition) is 6. The van der Waals surface area contributed by atoms with Crippen LogP contribution in [0, 0.1) is 0 Å². The molecule has 0 heterocycles. The molecule has 0 aliphatic carbocycles. The Balaban J connectivity index is 2.77. The molecule has 5 unspecified atom stereocenters. The quantitative estimate of drug-likeness (QED) is 0.482. The standard InChI is InChI=1S/C19H27NO6S/c1-6-12-24-19(22)20-13(2)18(26-15(4)21)14(3)25-16(5)27(23)17-10-8-7-9-11-17/h6-11,13-14,16,18H,1,12H2,2-5H3,(H,20,22). The molecule has 1 N–H and O–H groups in total. The largest absolute Gasteiger partial charge is 0.458 e. The van der Waals surface area contributed by atoms with Crippen LogP contribution in [0.4, 0.5) is 4.79 Å². The van der Waals surface area contributed by atoms with Crippen molar-refractivity contribution in [2.75, 3.05) is 6.61 Å². The first-order chi connectivity index (χ1) is 12.8. The highest BCUT2D eigenvalue weighted by Crippen LogP contribution is 2.17. The number of benzene rings is 1. The van der Waals surface area contributed by atoms with Gasteiger partial charge in [-0.1, -0.05) is 30.9 Å². The Morgan fingerprint density at radius 2 is 1.85 bits per heavy atom. The number of amides is 1. The topological polar surface area (TPSA) is 90.9 Å². The molecule has 5 atom stereocenters. The van der Waals surface area contributed by atoms with Gasteiger partial charge in [0.2, 0.25) is 0 Å². The molecule has 0 spiro atoms. The highest BCUT2D eigenvalue weighted by molar-refractivity contribution is 7.85. The van der Waals surface area contributed by atoms with Crippen molar-refractivity contribution in [1.82, 2.24) is 5.32 Å². The zero-order valence-electron chi connectivity index (χ0n) is 16.0. The van der Waals surface area contributed by atoms with Gasteiger partial charge in [0.15, 0.2) is 0 Å². The van der Waals surface area contributed by atoms with E-state index >= 15 is 0 Å². The van der Waals surface area contributed by atoms with E-state index in [0.29, 0.717) is 4.90 Å². The van der Waals surface area contributed by atoms with Crippen molar-refractivity contribution in [1.29, 1.82) is 0 Å². The smallest absolute Gasteiger partial charge is 0.407 e. The summed E-state index contributed by atoms with van der Waals surface area (Å²) in [5.41, 5.74) is -0.639. The summed E-state index contributed by atoms with van der Waals surface area (Å²) in [6.45, 7) is 9.85. The summed E-state index contributed by atoms with van der Waals surface area (Å²) in [6, 6.07) is 8.36. The van der Waals surface area contributed by atoms with Crippen LogP contribution in [0.25, 0.3) is 0 Å². The monoisotopic (exact) mass is 397 g/mol. The van der Waals surface area contributed by atoms with Gasteiger partial charge in [0.25, 0.3) is 0 Å². The summed E-state index contributed by atoms with van der Waals surface area (Å²) >= 11 is 0. The molecule has 0 radical (unpaired) electrons. The normalized spacial score (nSPS) is 16.3. The van der Waals surface area contributed by atoms with Gasteiger partial charge in [0.1, 0.15) is 18.1 Å². The molecule has 1 aromatic carbocycles. The third kappa shape index (κ3) is 7.92. The molecule has 0 aliphatic rings. The second kappa shape index (κ2) is 11.5. The van der Waals surface area contributed by atoms with Crippen LogP contribution < -0.4 is 5.32 Å². The lowest BCUT2D eigenvalue weighted by atomic mass is 10.1. The van der Waals surface area contributed by atoms with E-state index in [2.05, 4.69) is 11.9 Å². The molecule has 1 rings (SSSR count). The lowest BCUT2D eigenvalue weighted by Crippen LogP contribution is -2.49. The fraction of sp³-hybridized carbons (Fsp3) is 0.474. The lowest BCUT2D eigenvalue weighted by molar-refractivity contribution is -0.157. The first-order valence-electron chi connectivity index (χ1n) is 8.58. The third-order valence-electron chi connectivity index (χ3n) is 3.62. The Labute approximate surface area is 162 Å². The highest BCUT2D eigenvalue weighted by Gasteiger charge is 2.31. The number of alkyl carbamates (subject to hydrolysis) is 1. The van der Waals surface area contributed by atoms with Gasteiger partial charge in [0, 0.05) is 11.8 Å². The van der Waals surface area contributed by atoms with Crippen LogP contribution in [0.1, 0.15) is 27.7 Å². The Morgan fingerprint density at radius 3 is 2.41 bits per heavy atom. The maximum atomic E-state index is 12.6. The average molecular weight is 397 g/mol. The first kappa shape index (κ1) is 22.9. The molecule has 1 aromatic rings. The molecule has 0 aliphatic heterocycles. The molecular weight excluding hydrogens is 370 g/mol. The van der Waals surface area contributed by atoms with Gasteiger partial charge in [-0.3, -0.25) is 9.00 Å². The summed E-state index contributed by atoms with van der Waals surface area (Å²) in [7, 11) is -1.39. The summed E-state index contributed by atoms with van der Waals surface area (Å²) < 4.78 is 28.6. The molecular formula is C19H27NO6S. The molecule has 150 valence electrons. The number of nitrogens with one attached hydrogen (secondary N) is 1. The van der Waals surface area contributed by atoms with E-state index in [9.17, 15) is 13.8 Å². The maximum absolute atomic E-state index is 12.6. The molecule has 0 aromatic heterocycles. The van der Waals surface area contributed by atoms with Gasteiger partial charge in [-0.15, -0.1) is 0 Å². The van der Waals surface area contributed by atoms with Gasteiger partial charge < -0.3 is 19.5 Å². The van der Waals surface area contributed by atoms with Crippen molar-refractivity contribution in [3.63, 3.8) is 0 Å². The van der Waals surface area contributed by atoms with Gasteiger partial charge in [-0.25, -0.2) is 4.79 Å². The van der Waals surface area contributed by atoms with Crippen molar-refractivity contribution in [3.8, 4) is 0 Å². The van der Waals surface area contributed by atoms with E-state index in [1.165, 1.54) is 13.0 Å². The molecule has 1 amide bonds. The lowest BCUT2D eigenvalue weighted by Gasteiger charge is -2.30. The Hall–Kier alpha value is -2.19. The number of rotatable bonds is 10. The number of esters is 1. The fourth-order valence-corrected chi connectivity index (χ4v) is 3.50. The van der Waals surface area contributed by atoms with Crippen LogP contribution in [0.2, 0.25) is 0 Å². The Bertz CT molecular complexity index is 651. The predicted molar refractivity (Wildman–Crippen MR) is 103 cm³/mol. The first-order valence-corrected chi connectivity index (χ1v) is 9.80. The van der Waals surface area contributed by atoms with Crippen LogP contribution in [0.5, 0.6) is 0 Å². The van der Waals surface area contributed by atoms with E-state index in [4.69, 9.17) is 14.2 Å². The zero-order valence-corrected chi connectivity index (χ0v) is 16.9. The van der Waals surface area contributed by atoms with Gasteiger partial charge in [-0.2, -0.15) is 0 Å². The number of ether oxygens (including phenoxy) is 3. The highest BCUT2D eigenvalue weighted by atomic mass is 32.2. The summed E-state index contributed by atoms with van der Waals surface area (Å²) in [6.07, 6.45) is -0.618. The van der Waals surface area contributed by atoms with Crippen molar-refractivity contribution >= 4 is 22.9 Å². The van der Waals surface area contributed by atoms with Crippen molar-refractivity contribution in [3.05, 3.63) is 43.0 Å². The average Bonchev–Trinajstić information content (AvgIpc) is 2.64. The fourth-order valence-electron chi connectivity index (χ4n) is 2.42. The van der Waals surface area contributed by atoms with Crippen LogP contribution in [0.3, 0.4) is 0 Å². The minimum Gasteiger partial charge on any atom is -0.458 e. The van der Waals surface area contributed by atoms with Crippen molar-refractivity contribution in [2.45, 2.75) is 56.3 Å². The third-order valence-corrected chi connectivity index (χ3v) is 5.07. The molecule has 7 nitrogen and oxygen atoms in total. The molecule has 0 fully saturated rings. The van der Waals surface area contributed by atoms with Crippen LogP contribution in [-0.2, 0) is 29.8 Å². The zero-order chi connectivity index (χ0) is 20.4. The maximum Gasteiger partial charge on any atom is 0.407 e. The van der Waals surface area contributed by atoms with E-state index in [1.807, 2.05) is 6.07 Å². The second-order valence-electron chi connectivity index (χ2n) is 5.91. The van der Waals surface area contributed by atoms with Crippen LogP contribution >= 0.6 is 0 Å². The minimum absolute atomic E-state index is 0.0654. The van der Waals surface area contributed by atoms with Gasteiger partial charge in [0.05, 0.1) is 22.9 Å².